The van der Waals surface area contributed by atoms with Gasteiger partial charge >= 0.3 is 0 Å². The molecule has 0 saturated heterocycles. The van der Waals surface area contributed by atoms with Crippen LogP contribution in [0.3, 0.4) is 0 Å². The molecule has 0 amide bonds. The van der Waals surface area contributed by atoms with E-state index in [2.05, 4.69) is 20.4 Å². The molecule has 3 aromatic heterocycles. The molecule has 3 heterocycles. The maximum atomic E-state index is 6.35. The second-order valence-electron chi connectivity index (χ2n) is 5.86. The average molecular weight is 452 g/mol. The molecular weight excluding hydrogens is 437 g/mol. The van der Waals surface area contributed by atoms with Crippen molar-refractivity contribution in [3.05, 3.63) is 51.6 Å². The van der Waals surface area contributed by atoms with Crippen LogP contribution >= 0.6 is 46.3 Å². The Bertz CT molecular complexity index is 1090. The predicted molar refractivity (Wildman–Crippen MR) is 113 cm³/mol. The lowest BCUT2D eigenvalue weighted by Crippen LogP contribution is -2.01. The van der Waals surface area contributed by atoms with E-state index in [1.807, 2.05) is 42.0 Å². The van der Waals surface area contributed by atoms with Gasteiger partial charge in [-0.25, -0.2) is 0 Å². The van der Waals surface area contributed by atoms with Crippen LogP contribution in [0.2, 0.25) is 10.0 Å². The molecule has 6 nitrogen and oxygen atoms in total. The van der Waals surface area contributed by atoms with Crippen LogP contribution < -0.4 is 0 Å². The first-order valence-electron chi connectivity index (χ1n) is 8.49. The minimum atomic E-state index is -0.0794. The van der Waals surface area contributed by atoms with Gasteiger partial charge in [0.15, 0.2) is 11.0 Å². The standard InChI is InChI=1S/C18H15Cl2N5OS2/c1-3-25-15(12-7-6-11(19)9-13(12)20)21-24-18(25)28-10(2)16-22-23-17(26-16)14-5-4-8-27-14/h4-10H,3H2,1-2H3/t10-/m1/s1. The molecule has 4 rings (SSSR count). The summed E-state index contributed by atoms with van der Waals surface area (Å²) in [7, 11) is 0. The number of halogens is 2. The van der Waals surface area contributed by atoms with E-state index in [-0.39, 0.29) is 5.25 Å². The van der Waals surface area contributed by atoms with E-state index in [9.17, 15) is 0 Å². The summed E-state index contributed by atoms with van der Waals surface area (Å²) in [5, 5.41) is 20.8. The molecule has 10 heteroatoms. The zero-order valence-electron chi connectivity index (χ0n) is 15.0. The third kappa shape index (κ3) is 3.82. The first-order valence-corrected chi connectivity index (χ1v) is 11.0. The summed E-state index contributed by atoms with van der Waals surface area (Å²) in [6.07, 6.45) is 0. The Kier molecular flexibility index (Phi) is 5.73. The van der Waals surface area contributed by atoms with Gasteiger partial charge in [-0.3, -0.25) is 0 Å². The quantitative estimate of drug-likeness (QED) is 0.323. The first kappa shape index (κ1) is 19.4. The lowest BCUT2D eigenvalue weighted by atomic mass is 10.2. The van der Waals surface area contributed by atoms with Crippen LogP contribution in [0.1, 0.15) is 25.0 Å². The average Bonchev–Trinajstić information content (AvgIpc) is 3.42. The Balaban J connectivity index is 1.59. The summed E-state index contributed by atoms with van der Waals surface area (Å²) in [6, 6.07) is 9.25. The minimum absolute atomic E-state index is 0.0794. The van der Waals surface area contributed by atoms with Crippen LogP contribution in [0.4, 0.5) is 0 Å². The molecule has 0 bridgehead atoms. The van der Waals surface area contributed by atoms with Gasteiger partial charge in [-0.2, -0.15) is 0 Å². The highest BCUT2D eigenvalue weighted by atomic mass is 35.5. The second-order valence-corrected chi connectivity index (χ2v) is 8.96. The van der Waals surface area contributed by atoms with Crippen LogP contribution in [0, 0.1) is 0 Å². The Morgan fingerprint density at radius 1 is 1.18 bits per heavy atom. The van der Waals surface area contributed by atoms with Gasteiger partial charge in [0.25, 0.3) is 5.89 Å². The molecule has 1 atom stereocenters. The van der Waals surface area contributed by atoms with Crippen molar-refractivity contribution in [2.24, 2.45) is 0 Å². The SMILES string of the molecule is CCn1c(S[C@H](C)c2nnc(-c3cccs3)o2)nnc1-c1ccc(Cl)cc1Cl. The van der Waals surface area contributed by atoms with Gasteiger partial charge in [0.1, 0.15) is 0 Å². The van der Waals surface area contributed by atoms with E-state index >= 15 is 0 Å². The van der Waals surface area contributed by atoms with Crippen molar-refractivity contribution in [3.8, 4) is 22.2 Å². The number of nitrogens with zero attached hydrogens (tertiary/aromatic N) is 5. The van der Waals surface area contributed by atoms with E-state index in [1.165, 1.54) is 11.8 Å². The Hall–Kier alpha value is -1.87. The third-order valence-corrected chi connectivity index (χ3v) is 6.48. The number of aromatic nitrogens is 5. The number of hydrogen-bond donors (Lipinski definition) is 0. The fourth-order valence-corrected chi connectivity index (χ4v) is 4.72. The molecule has 0 spiro atoms. The van der Waals surface area contributed by atoms with E-state index in [0.29, 0.717) is 34.2 Å². The van der Waals surface area contributed by atoms with Gasteiger partial charge in [-0.1, -0.05) is 41.0 Å². The second kappa shape index (κ2) is 8.24. The molecular formula is C18H15Cl2N5OS2. The van der Waals surface area contributed by atoms with Crippen molar-refractivity contribution in [1.82, 2.24) is 25.0 Å². The van der Waals surface area contributed by atoms with Crippen molar-refractivity contribution >= 4 is 46.3 Å². The van der Waals surface area contributed by atoms with E-state index in [0.717, 1.165) is 15.6 Å². The Morgan fingerprint density at radius 3 is 2.75 bits per heavy atom. The largest absolute Gasteiger partial charge is 0.419 e. The van der Waals surface area contributed by atoms with Gasteiger partial charge < -0.3 is 8.98 Å². The van der Waals surface area contributed by atoms with Gasteiger partial charge in [-0.05, 0) is 43.5 Å². The highest BCUT2D eigenvalue weighted by Crippen LogP contribution is 2.37. The van der Waals surface area contributed by atoms with Crippen molar-refractivity contribution < 1.29 is 4.42 Å². The van der Waals surface area contributed by atoms with Crippen molar-refractivity contribution in [3.63, 3.8) is 0 Å². The highest BCUT2D eigenvalue weighted by molar-refractivity contribution is 7.99. The molecule has 0 aliphatic rings. The minimum Gasteiger partial charge on any atom is -0.419 e. The van der Waals surface area contributed by atoms with Crippen LogP contribution in [0.5, 0.6) is 0 Å². The summed E-state index contributed by atoms with van der Waals surface area (Å²) >= 11 is 15.4. The van der Waals surface area contributed by atoms with E-state index < -0.39 is 0 Å². The normalized spacial score (nSPS) is 12.4. The third-order valence-electron chi connectivity index (χ3n) is 4.01. The summed E-state index contributed by atoms with van der Waals surface area (Å²) in [5.41, 5.74) is 0.790. The van der Waals surface area contributed by atoms with E-state index in [4.69, 9.17) is 27.6 Å². The van der Waals surface area contributed by atoms with Crippen molar-refractivity contribution in [2.45, 2.75) is 30.8 Å². The van der Waals surface area contributed by atoms with Gasteiger partial charge in [0.2, 0.25) is 5.89 Å². The maximum absolute atomic E-state index is 6.35. The summed E-state index contributed by atoms with van der Waals surface area (Å²) in [6.45, 7) is 4.73. The zero-order valence-corrected chi connectivity index (χ0v) is 18.1. The monoisotopic (exact) mass is 451 g/mol. The molecule has 1 aromatic carbocycles. The number of thiophene rings is 1. The summed E-state index contributed by atoms with van der Waals surface area (Å²) in [4.78, 5) is 0.951. The fourth-order valence-electron chi connectivity index (χ4n) is 2.64. The molecule has 0 fully saturated rings. The van der Waals surface area contributed by atoms with Crippen LogP contribution in [0.25, 0.3) is 22.2 Å². The molecule has 0 aliphatic carbocycles. The van der Waals surface area contributed by atoms with Crippen LogP contribution in [0.15, 0.2) is 45.3 Å². The molecule has 28 heavy (non-hydrogen) atoms. The zero-order chi connectivity index (χ0) is 19.7. The topological polar surface area (TPSA) is 69.6 Å². The number of benzene rings is 1. The summed E-state index contributed by atoms with van der Waals surface area (Å²) in [5.74, 6) is 1.77. The lowest BCUT2D eigenvalue weighted by Gasteiger charge is -2.10. The Morgan fingerprint density at radius 2 is 2.04 bits per heavy atom. The maximum Gasteiger partial charge on any atom is 0.257 e. The number of rotatable bonds is 6. The molecule has 144 valence electrons. The highest BCUT2D eigenvalue weighted by Gasteiger charge is 2.22. The number of hydrogen-bond acceptors (Lipinski definition) is 7. The van der Waals surface area contributed by atoms with Crippen molar-refractivity contribution in [1.29, 1.82) is 0 Å². The summed E-state index contributed by atoms with van der Waals surface area (Å²) < 4.78 is 7.84. The smallest absolute Gasteiger partial charge is 0.257 e. The fraction of sp³-hybridized carbons (Fsp3) is 0.222. The lowest BCUT2D eigenvalue weighted by molar-refractivity contribution is 0.509. The van der Waals surface area contributed by atoms with E-state index in [1.54, 1.807) is 23.5 Å². The van der Waals surface area contributed by atoms with Gasteiger partial charge in [0, 0.05) is 17.1 Å². The van der Waals surface area contributed by atoms with Crippen LogP contribution in [-0.4, -0.2) is 25.0 Å². The molecule has 0 aliphatic heterocycles. The van der Waals surface area contributed by atoms with Gasteiger partial charge in [0.05, 0.1) is 15.1 Å². The van der Waals surface area contributed by atoms with Crippen molar-refractivity contribution in [2.75, 3.05) is 0 Å². The molecule has 4 aromatic rings. The number of thioether (sulfide) groups is 1. The van der Waals surface area contributed by atoms with Crippen LogP contribution in [-0.2, 0) is 6.54 Å². The molecule has 0 radical (unpaired) electrons. The molecule has 0 saturated carbocycles. The van der Waals surface area contributed by atoms with Gasteiger partial charge in [-0.15, -0.1) is 31.7 Å². The first-order chi connectivity index (χ1) is 13.6. The predicted octanol–water partition coefficient (Wildman–Crippen LogP) is 6.24. The molecule has 0 N–H and O–H groups in total. The molecule has 0 unspecified atom stereocenters. The Labute approximate surface area is 179 Å².